The summed E-state index contributed by atoms with van der Waals surface area (Å²) in [4.78, 5) is 27.7. The highest BCUT2D eigenvalue weighted by Crippen LogP contribution is 2.29. The first-order chi connectivity index (χ1) is 13.9. The van der Waals surface area contributed by atoms with E-state index >= 15 is 0 Å². The second kappa shape index (κ2) is 8.85. The van der Waals surface area contributed by atoms with Gasteiger partial charge in [0.1, 0.15) is 30.6 Å². The molecule has 29 heavy (non-hydrogen) atoms. The number of aromatic amines is 1. The molecule has 0 amide bonds. The van der Waals surface area contributed by atoms with Crippen LogP contribution in [0.5, 0.6) is 0 Å². The van der Waals surface area contributed by atoms with E-state index in [9.17, 15) is 24.9 Å². The molecule has 3 aromatic rings. The van der Waals surface area contributed by atoms with Crippen LogP contribution in [0.3, 0.4) is 0 Å². The van der Waals surface area contributed by atoms with Crippen molar-refractivity contribution in [2.24, 2.45) is 0 Å². The Hall–Kier alpha value is -2.56. The third kappa shape index (κ3) is 4.24. The van der Waals surface area contributed by atoms with E-state index in [1.165, 1.54) is 11.3 Å². The molecule has 0 fully saturated rings. The van der Waals surface area contributed by atoms with E-state index in [2.05, 4.69) is 10.3 Å². The molecule has 0 saturated carbocycles. The summed E-state index contributed by atoms with van der Waals surface area (Å²) >= 11 is 1.48. The first-order valence-electron chi connectivity index (χ1n) is 8.94. The van der Waals surface area contributed by atoms with Crippen molar-refractivity contribution < 1.29 is 25.2 Å². The number of aryl methyl sites for hydroxylation is 1. The van der Waals surface area contributed by atoms with Gasteiger partial charge in [0.15, 0.2) is 0 Å². The molecule has 8 nitrogen and oxygen atoms in total. The number of aliphatic hydroxyl groups is 4. The fourth-order valence-corrected chi connectivity index (χ4v) is 4.04. The molecule has 6 N–H and O–H groups in total. The Morgan fingerprint density at radius 3 is 2.59 bits per heavy atom. The molecular weight excluding hydrogens is 396 g/mol. The van der Waals surface area contributed by atoms with Crippen LogP contribution in [-0.4, -0.2) is 62.7 Å². The van der Waals surface area contributed by atoms with Crippen LogP contribution in [-0.2, 0) is 4.79 Å². The maximum atomic E-state index is 12.6. The number of aldehydes is 1. The number of aromatic nitrogens is 1. The van der Waals surface area contributed by atoms with Crippen molar-refractivity contribution >= 4 is 34.2 Å². The number of carbonyl (C=O) groups is 1. The van der Waals surface area contributed by atoms with Gasteiger partial charge in [0, 0.05) is 16.0 Å². The molecule has 154 valence electrons. The van der Waals surface area contributed by atoms with Gasteiger partial charge >= 0.3 is 0 Å². The molecule has 1 aromatic carbocycles. The molecule has 0 aliphatic rings. The lowest BCUT2D eigenvalue weighted by molar-refractivity contribution is -0.117. The lowest BCUT2D eigenvalue weighted by Gasteiger charge is -2.27. The topological polar surface area (TPSA) is 143 Å². The summed E-state index contributed by atoms with van der Waals surface area (Å²) in [7, 11) is 0. The molecule has 0 bridgehead atoms. The van der Waals surface area contributed by atoms with Crippen molar-refractivity contribution in [3.8, 4) is 10.4 Å². The summed E-state index contributed by atoms with van der Waals surface area (Å²) in [5.41, 5.74) is 2.18. The average Bonchev–Trinajstić information content (AvgIpc) is 3.24. The van der Waals surface area contributed by atoms with Gasteiger partial charge in [0.2, 0.25) is 0 Å². The standard InChI is InChI=1S/C20H22N2O6S/c1-10-12-5-4-11(21-14(8-23)18(26)19(27)15(25)9-24)7-13(12)22-20(28)17(10)16-3-2-6-29-16/h2-8,14-15,18-19,21,24-27H,9H2,1H3,(H,22,28)/t14-,15+,18+,19+/m1/s1. The van der Waals surface area contributed by atoms with E-state index in [4.69, 9.17) is 5.11 Å². The summed E-state index contributed by atoms with van der Waals surface area (Å²) in [5, 5.41) is 43.8. The van der Waals surface area contributed by atoms with E-state index in [0.29, 0.717) is 23.1 Å². The largest absolute Gasteiger partial charge is 0.394 e. The second-order valence-electron chi connectivity index (χ2n) is 6.73. The molecule has 0 spiro atoms. The van der Waals surface area contributed by atoms with Crippen LogP contribution in [0.2, 0.25) is 0 Å². The molecule has 0 aliphatic heterocycles. The van der Waals surface area contributed by atoms with Gasteiger partial charge in [-0.1, -0.05) is 12.1 Å². The van der Waals surface area contributed by atoms with E-state index in [1.54, 1.807) is 18.2 Å². The van der Waals surface area contributed by atoms with E-state index in [0.717, 1.165) is 15.8 Å². The van der Waals surface area contributed by atoms with Crippen LogP contribution < -0.4 is 10.9 Å². The fourth-order valence-electron chi connectivity index (χ4n) is 3.21. The number of rotatable bonds is 8. The summed E-state index contributed by atoms with van der Waals surface area (Å²) < 4.78 is 0. The van der Waals surface area contributed by atoms with E-state index in [1.807, 2.05) is 24.4 Å². The van der Waals surface area contributed by atoms with E-state index in [-0.39, 0.29) is 5.56 Å². The van der Waals surface area contributed by atoms with Crippen LogP contribution in [0.4, 0.5) is 5.69 Å². The van der Waals surface area contributed by atoms with Crippen molar-refractivity contribution in [1.82, 2.24) is 4.98 Å². The Kier molecular flexibility index (Phi) is 6.46. The second-order valence-corrected chi connectivity index (χ2v) is 7.68. The molecule has 0 radical (unpaired) electrons. The van der Waals surface area contributed by atoms with Gasteiger partial charge in [0.05, 0.1) is 17.7 Å². The monoisotopic (exact) mass is 418 g/mol. The lowest BCUT2D eigenvalue weighted by atomic mass is 10.0. The Balaban J connectivity index is 1.93. The number of hydrogen-bond acceptors (Lipinski definition) is 8. The van der Waals surface area contributed by atoms with Crippen molar-refractivity contribution in [2.75, 3.05) is 11.9 Å². The van der Waals surface area contributed by atoms with Gasteiger partial charge in [-0.3, -0.25) is 4.79 Å². The van der Waals surface area contributed by atoms with Crippen molar-refractivity contribution in [3.05, 3.63) is 51.6 Å². The zero-order valence-electron chi connectivity index (χ0n) is 15.6. The molecular formula is C20H22N2O6S. The summed E-state index contributed by atoms with van der Waals surface area (Å²) in [5.74, 6) is 0. The highest BCUT2D eigenvalue weighted by atomic mass is 32.1. The third-order valence-corrected chi connectivity index (χ3v) is 5.71. The first-order valence-corrected chi connectivity index (χ1v) is 9.82. The average molecular weight is 418 g/mol. The Morgan fingerprint density at radius 2 is 1.97 bits per heavy atom. The quantitative estimate of drug-likeness (QED) is 0.294. The summed E-state index contributed by atoms with van der Waals surface area (Å²) in [6.07, 6.45) is -4.54. The Bertz CT molecular complexity index is 1050. The number of anilines is 1. The number of aliphatic hydroxyl groups excluding tert-OH is 4. The third-order valence-electron chi connectivity index (χ3n) is 4.82. The summed E-state index contributed by atoms with van der Waals surface area (Å²) in [6, 6.07) is 7.62. The van der Waals surface area contributed by atoms with Crippen LogP contribution in [0.25, 0.3) is 21.3 Å². The number of H-pyrrole nitrogens is 1. The maximum absolute atomic E-state index is 12.6. The predicted molar refractivity (Wildman–Crippen MR) is 111 cm³/mol. The number of nitrogens with one attached hydrogen (secondary N) is 2. The number of benzene rings is 1. The zero-order valence-corrected chi connectivity index (χ0v) is 16.4. The van der Waals surface area contributed by atoms with Gasteiger partial charge in [-0.15, -0.1) is 11.3 Å². The van der Waals surface area contributed by atoms with Crippen LogP contribution in [0.1, 0.15) is 5.56 Å². The zero-order chi connectivity index (χ0) is 21.1. The normalized spacial score (nSPS) is 15.6. The Labute approximate surface area is 170 Å². The van der Waals surface area contributed by atoms with Crippen molar-refractivity contribution in [3.63, 3.8) is 0 Å². The first kappa shape index (κ1) is 21.2. The smallest absolute Gasteiger partial charge is 0.257 e. The minimum absolute atomic E-state index is 0.233. The number of carbonyl (C=O) groups excluding carboxylic acids is 1. The van der Waals surface area contributed by atoms with E-state index < -0.39 is 31.0 Å². The predicted octanol–water partition coefficient (Wildman–Crippen LogP) is 0.619. The highest BCUT2D eigenvalue weighted by molar-refractivity contribution is 7.13. The molecule has 2 aromatic heterocycles. The molecule has 4 atom stereocenters. The molecule has 2 heterocycles. The highest BCUT2D eigenvalue weighted by Gasteiger charge is 2.31. The molecule has 0 unspecified atom stereocenters. The fraction of sp³-hybridized carbons (Fsp3) is 0.300. The van der Waals surface area contributed by atoms with Crippen LogP contribution in [0.15, 0.2) is 40.5 Å². The molecule has 0 aliphatic carbocycles. The Morgan fingerprint density at radius 1 is 1.21 bits per heavy atom. The molecule has 9 heteroatoms. The van der Waals surface area contributed by atoms with Gasteiger partial charge in [-0.25, -0.2) is 0 Å². The van der Waals surface area contributed by atoms with Crippen LogP contribution >= 0.6 is 11.3 Å². The number of thiophene rings is 1. The number of fused-ring (bicyclic) bond motifs is 1. The van der Waals surface area contributed by atoms with Gasteiger partial charge < -0.3 is 35.5 Å². The maximum Gasteiger partial charge on any atom is 0.257 e. The van der Waals surface area contributed by atoms with Crippen molar-refractivity contribution in [1.29, 1.82) is 0 Å². The molecule has 3 rings (SSSR count). The number of hydrogen-bond donors (Lipinski definition) is 6. The SMILES string of the molecule is Cc1c(-c2cccs2)c(=O)[nH]c2cc(N[C@H](C=O)[C@H](O)[C@@H](O)[C@@H](O)CO)ccc12. The van der Waals surface area contributed by atoms with Gasteiger partial charge in [0.25, 0.3) is 5.56 Å². The van der Waals surface area contributed by atoms with Crippen LogP contribution in [0, 0.1) is 6.92 Å². The lowest BCUT2D eigenvalue weighted by Crippen LogP contribution is -2.49. The van der Waals surface area contributed by atoms with Gasteiger partial charge in [-0.2, -0.15) is 0 Å². The van der Waals surface area contributed by atoms with Gasteiger partial charge in [-0.05, 0) is 36.1 Å². The minimum Gasteiger partial charge on any atom is -0.394 e. The summed E-state index contributed by atoms with van der Waals surface area (Å²) in [6.45, 7) is 1.11. The van der Waals surface area contributed by atoms with Crippen molar-refractivity contribution in [2.45, 2.75) is 31.3 Å². The molecule has 0 saturated heterocycles. The number of pyridine rings is 1. The minimum atomic E-state index is -1.71.